The Bertz CT molecular complexity index is 866. The van der Waals surface area contributed by atoms with Gasteiger partial charge in [0.1, 0.15) is 5.75 Å². The molecule has 0 aliphatic carbocycles. The predicted molar refractivity (Wildman–Crippen MR) is 190 cm³/mol. The van der Waals surface area contributed by atoms with Crippen molar-refractivity contribution in [2.45, 2.75) is 154 Å². The van der Waals surface area contributed by atoms with Crippen LogP contribution in [0.1, 0.15) is 153 Å². The van der Waals surface area contributed by atoms with E-state index < -0.39 is 0 Å². The fourth-order valence-electron chi connectivity index (χ4n) is 5.55. The highest BCUT2D eigenvalue weighted by atomic mass is 32.2. The summed E-state index contributed by atoms with van der Waals surface area (Å²) in [5.74, 6) is 4.85. The number of aromatic hydroxyl groups is 1. The molecule has 2 aromatic carbocycles. The van der Waals surface area contributed by atoms with Crippen LogP contribution in [0.2, 0.25) is 0 Å². The SMILES string of the molecule is CCCCCCCCCCCCSCc1cc(CSCCCCCCCCCCCC)c(O)c(-c2ccccc2)c1. The molecule has 0 spiro atoms. The van der Waals surface area contributed by atoms with Gasteiger partial charge in [-0.3, -0.25) is 0 Å². The third-order valence-electron chi connectivity index (χ3n) is 8.14. The van der Waals surface area contributed by atoms with Crippen LogP contribution in [-0.2, 0) is 11.5 Å². The zero-order valence-corrected chi connectivity index (χ0v) is 28.4. The second-order valence-corrected chi connectivity index (χ2v) is 14.2. The zero-order chi connectivity index (χ0) is 29.2. The van der Waals surface area contributed by atoms with Crippen molar-refractivity contribution >= 4 is 23.5 Å². The minimum absolute atomic E-state index is 0.482. The molecule has 1 nitrogen and oxygen atoms in total. The monoisotopic (exact) mass is 598 g/mol. The molecule has 0 aromatic heterocycles. The molecule has 1 N–H and O–H groups in total. The van der Waals surface area contributed by atoms with Gasteiger partial charge in [0.2, 0.25) is 0 Å². The molecule has 0 fully saturated rings. The maximum atomic E-state index is 11.2. The maximum absolute atomic E-state index is 11.2. The quantitative estimate of drug-likeness (QED) is 0.103. The third-order valence-corrected chi connectivity index (χ3v) is 10.4. The van der Waals surface area contributed by atoms with Gasteiger partial charge in [-0.1, -0.05) is 166 Å². The van der Waals surface area contributed by atoms with Crippen LogP contribution in [-0.4, -0.2) is 16.6 Å². The Morgan fingerprint density at radius 1 is 0.512 bits per heavy atom. The van der Waals surface area contributed by atoms with E-state index in [0.29, 0.717) is 5.75 Å². The molecule has 0 atom stereocenters. The number of unbranched alkanes of at least 4 members (excludes halogenated alkanes) is 18. The molecule has 0 heterocycles. The molecule has 0 saturated carbocycles. The molecule has 3 heteroatoms. The minimum atomic E-state index is 0.482. The second-order valence-electron chi connectivity index (χ2n) is 12.0. The smallest absolute Gasteiger partial charge is 0.127 e. The van der Waals surface area contributed by atoms with E-state index in [2.05, 4.69) is 68.1 Å². The summed E-state index contributed by atoms with van der Waals surface area (Å²) in [6.45, 7) is 4.58. The van der Waals surface area contributed by atoms with Crippen molar-refractivity contribution in [3.63, 3.8) is 0 Å². The average Bonchev–Trinajstić information content (AvgIpc) is 3.00. The van der Waals surface area contributed by atoms with Gasteiger partial charge in [-0.05, 0) is 41.5 Å². The van der Waals surface area contributed by atoms with Crippen LogP contribution in [0, 0.1) is 0 Å². The van der Waals surface area contributed by atoms with Crippen molar-refractivity contribution in [3.8, 4) is 16.9 Å². The van der Waals surface area contributed by atoms with Crippen LogP contribution in [0.15, 0.2) is 42.5 Å². The third kappa shape index (κ3) is 17.6. The van der Waals surface area contributed by atoms with E-state index >= 15 is 0 Å². The standard InChI is InChI=1S/C38H62OS2/c1-3-5-7-9-11-13-15-17-19-24-28-40-32-34-30-36(38(39)37(31-34)35-26-22-21-23-27-35)33-41-29-25-20-18-16-14-12-10-8-6-4-2/h21-23,26-27,30-31,39H,3-20,24-25,28-29,32-33H2,1-2H3. The van der Waals surface area contributed by atoms with Gasteiger partial charge >= 0.3 is 0 Å². The topological polar surface area (TPSA) is 20.2 Å². The van der Waals surface area contributed by atoms with Crippen LogP contribution in [0.3, 0.4) is 0 Å². The number of rotatable bonds is 27. The Morgan fingerprint density at radius 2 is 0.951 bits per heavy atom. The number of phenolic OH excluding ortho intramolecular Hbond substituents is 1. The van der Waals surface area contributed by atoms with Crippen molar-refractivity contribution < 1.29 is 5.11 Å². The Hall–Kier alpha value is -1.06. The lowest BCUT2D eigenvalue weighted by molar-refractivity contribution is 0.472. The van der Waals surface area contributed by atoms with Crippen LogP contribution >= 0.6 is 23.5 Å². The van der Waals surface area contributed by atoms with E-state index in [0.717, 1.165) is 28.2 Å². The highest BCUT2D eigenvalue weighted by molar-refractivity contribution is 7.98. The van der Waals surface area contributed by atoms with Gasteiger partial charge in [0.25, 0.3) is 0 Å². The molecule has 2 rings (SSSR count). The van der Waals surface area contributed by atoms with Crippen molar-refractivity contribution in [1.29, 1.82) is 0 Å². The normalized spacial score (nSPS) is 11.4. The second kappa shape index (κ2) is 25.4. The van der Waals surface area contributed by atoms with E-state index in [1.807, 2.05) is 11.8 Å². The summed E-state index contributed by atoms with van der Waals surface area (Å²) in [5, 5.41) is 11.2. The predicted octanol–water partition coefficient (Wildman–Crippen LogP) is 13.4. The molecule has 0 aliphatic heterocycles. The molecule has 41 heavy (non-hydrogen) atoms. The lowest BCUT2D eigenvalue weighted by Gasteiger charge is -2.14. The number of hydrogen-bond acceptors (Lipinski definition) is 3. The van der Waals surface area contributed by atoms with Crippen LogP contribution in [0.25, 0.3) is 11.1 Å². The van der Waals surface area contributed by atoms with Crippen molar-refractivity contribution in [3.05, 3.63) is 53.6 Å². The van der Waals surface area contributed by atoms with Gasteiger partial charge < -0.3 is 5.11 Å². The molecular weight excluding hydrogens is 537 g/mol. The summed E-state index contributed by atoms with van der Waals surface area (Å²) >= 11 is 4.05. The van der Waals surface area contributed by atoms with Crippen LogP contribution in [0.4, 0.5) is 0 Å². The maximum Gasteiger partial charge on any atom is 0.127 e. The van der Waals surface area contributed by atoms with Gasteiger partial charge in [0.05, 0.1) is 0 Å². The van der Waals surface area contributed by atoms with E-state index in [9.17, 15) is 5.11 Å². The molecule has 0 aliphatic rings. The first-order valence-electron chi connectivity index (χ1n) is 17.3. The zero-order valence-electron chi connectivity index (χ0n) is 26.8. The molecule has 0 radical (unpaired) electrons. The highest BCUT2D eigenvalue weighted by Gasteiger charge is 2.12. The Morgan fingerprint density at radius 3 is 1.44 bits per heavy atom. The van der Waals surface area contributed by atoms with Gasteiger partial charge in [0.15, 0.2) is 0 Å². The number of phenols is 1. The summed E-state index contributed by atoms with van der Waals surface area (Å²) in [6, 6.07) is 14.9. The molecule has 232 valence electrons. The fraction of sp³-hybridized carbons (Fsp3) is 0.684. The van der Waals surface area contributed by atoms with E-state index in [4.69, 9.17) is 0 Å². The summed E-state index contributed by atoms with van der Waals surface area (Å²) in [6.07, 6.45) is 27.8. The Labute approximate surface area is 263 Å². The van der Waals surface area contributed by atoms with Gasteiger partial charge in [-0.25, -0.2) is 0 Å². The first-order chi connectivity index (χ1) is 20.3. The molecule has 0 bridgehead atoms. The lowest BCUT2D eigenvalue weighted by Crippen LogP contribution is -1.93. The summed E-state index contributed by atoms with van der Waals surface area (Å²) in [4.78, 5) is 0. The molecule has 0 saturated heterocycles. The van der Waals surface area contributed by atoms with Gasteiger partial charge in [-0.2, -0.15) is 23.5 Å². The van der Waals surface area contributed by atoms with E-state index in [1.165, 1.54) is 145 Å². The van der Waals surface area contributed by atoms with Gasteiger partial charge in [-0.15, -0.1) is 0 Å². The molecular formula is C38H62OS2. The number of hydrogen-bond donors (Lipinski definition) is 1. The highest BCUT2D eigenvalue weighted by Crippen LogP contribution is 2.36. The summed E-state index contributed by atoms with van der Waals surface area (Å²) in [5.41, 5.74) is 4.58. The van der Waals surface area contributed by atoms with Crippen molar-refractivity contribution in [1.82, 2.24) is 0 Å². The minimum Gasteiger partial charge on any atom is -0.507 e. The van der Waals surface area contributed by atoms with Crippen LogP contribution in [0.5, 0.6) is 5.75 Å². The van der Waals surface area contributed by atoms with Crippen LogP contribution < -0.4 is 0 Å². The Balaban J connectivity index is 1.70. The molecule has 0 unspecified atom stereocenters. The van der Waals surface area contributed by atoms with E-state index in [1.54, 1.807) is 0 Å². The molecule has 0 amide bonds. The number of benzene rings is 2. The summed E-state index contributed by atoms with van der Waals surface area (Å²) < 4.78 is 0. The first kappa shape index (κ1) is 36.1. The van der Waals surface area contributed by atoms with Gasteiger partial charge in [0, 0.05) is 22.6 Å². The van der Waals surface area contributed by atoms with E-state index in [-0.39, 0.29) is 0 Å². The lowest BCUT2D eigenvalue weighted by atomic mass is 9.99. The van der Waals surface area contributed by atoms with Crippen molar-refractivity contribution in [2.75, 3.05) is 11.5 Å². The fourth-order valence-corrected chi connectivity index (χ4v) is 7.49. The Kier molecular flexibility index (Phi) is 22.4. The average molecular weight is 599 g/mol. The molecule has 2 aromatic rings. The van der Waals surface area contributed by atoms with Crippen molar-refractivity contribution in [2.24, 2.45) is 0 Å². The largest absolute Gasteiger partial charge is 0.507 e. The number of thioether (sulfide) groups is 2. The summed E-state index contributed by atoms with van der Waals surface area (Å²) in [7, 11) is 0. The first-order valence-corrected chi connectivity index (χ1v) is 19.6.